The fourth-order valence-electron chi connectivity index (χ4n) is 2.25. The normalized spacial score (nSPS) is 12.4. The summed E-state index contributed by atoms with van der Waals surface area (Å²) >= 11 is 5.77. The van der Waals surface area contributed by atoms with Gasteiger partial charge in [-0.15, -0.1) is 0 Å². The lowest BCUT2D eigenvalue weighted by Crippen LogP contribution is -2.45. The van der Waals surface area contributed by atoms with Crippen LogP contribution in [0.4, 0.5) is 5.69 Å². The third-order valence-corrected chi connectivity index (χ3v) is 5.44. The molecule has 28 heavy (non-hydrogen) atoms. The molecule has 0 saturated heterocycles. The van der Waals surface area contributed by atoms with Crippen LogP contribution in [0.25, 0.3) is 0 Å². The maximum atomic E-state index is 12.4. The van der Waals surface area contributed by atoms with Crippen LogP contribution in [0.1, 0.15) is 13.8 Å². The first-order valence-corrected chi connectivity index (χ1v) is 10.3. The number of sulfonamides is 1. The van der Waals surface area contributed by atoms with Gasteiger partial charge in [-0.1, -0.05) is 43.6 Å². The Bertz CT molecular complexity index is 915. The standard InChI is InChI=1S/C19H21ClN2O5S/c1-13(2)18(22-28(25,26)16-6-4-3-5-7-16)19(24)27-12-17(23)21-15-10-8-14(20)9-11-15/h3-11,13,18,22H,12H2,1-2H3,(H,21,23)/t18-/m1/s1. The summed E-state index contributed by atoms with van der Waals surface area (Å²) in [5, 5.41) is 3.08. The number of carbonyl (C=O) groups is 2. The fourth-order valence-corrected chi connectivity index (χ4v) is 3.73. The molecule has 0 aliphatic carbocycles. The van der Waals surface area contributed by atoms with E-state index in [0.717, 1.165) is 0 Å². The van der Waals surface area contributed by atoms with Gasteiger partial charge in [0.15, 0.2) is 6.61 Å². The predicted molar refractivity (Wildman–Crippen MR) is 106 cm³/mol. The molecule has 9 heteroatoms. The molecule has 0 radical (unpaired) electrons. The second-order valence-electron chi connectivity index (χ2n) is 6.32. The Morgan fingerprint density at radius 1 is 1.04 bits per heavy atom. The predicted octanol–water partition coefficient (Wildman–Crippen LogP) is 2.82. The van der Waals surface area contributed by atoms with Gasteiger partial charge < -0.3 is 10.1 Å². The SMILES string of the molecule is CC(C)[C@@H](NS(=O)(=O)c1ccccc1)C(=O)OCC(=O)Nc1ccc(Cl)cc1. The molecular formula is C19H21ClN2O5S. The second kappa shape index (κ2) is 9.68. The van der Waals surface area contributed by atoms with Gasteiger partial charge in [-0.2, -0.15) is 4.72 Å². The summed E-state index contributed by atoms with van der Waals surface area (Å²) in [5.74, 6) is -1.77. The first kappa shape index (κ1) is 21.9. The van der Waals surface area contributed by atoms with Crippen LogP contribution >= 0.6 is 11.6 Å². The highest BCUT2D eigenvalue weighted by Gasteiger charge is 2.30. The van der Waals surface area contributed by atoms with Crippen molar-refractivity contribution in [3.05, 3.63) is 59.6 Å². The number of hydrogen-bond acceptors (Lipinski definition) is 5. The van der Waals surface area contributed by atoms with Gasteiger partial charge >= 0.3 is 5.97 Å². The minimum Gasteiger partial charge on any atom is -0.454 e. The van der Waals surface area contributed by atoms with E-state index in [9.17, 15) is 18.0 Å². The Kier molecular flexibility index (Phi) is 7.56. The molecule has 0 aromatic heterocycles. The van der Waals surface area contributed by atoms with Crippen molar-refractivity contribution in [3.8, 4) is 0 Å². The van der Waals surface area contributed by atoms with Crippen molar-refractivity contribution in [2.75, 3.05) is 11.9 Å². The molecule has 0 saturated carbocycles. The largest absolute Gasteiger partial charge is 0.454 e. The maximum absolute atomic E-state index is 12.4. The molecule has 0 fully saturated rings. The number of amides is 1. The lowest BCUT2D eigenvalue weighted by atomic mass is 10.1. The number of hydrogen-bond donors (Lipinski definition) is 2. The van der Waals surface area contributed by atoms with Gasteiger partial charge in [0, 0.05) is 10.7 Å². The van der Waals surface area contributed by atoms with E-state index >= 15 is 0 Å². The minimum absolute atomic E-state index is 0.0360. The van der Waals surface area contributed by atoms with Gasteiger partial charge in [-0.25, -0.2) is 8.42 Å². The van der Waals surface area contributed by atoms with E-state index in [-0.39, 0.29) is 10.8 Å². The molecule has 2 aromatic carbocycles. The summed E-state index contributed by atoms with van der Waals surface area (Å²) < 4.78 is 32.2. The monoisotopic (exact) mass is 424 g/mol. The van der Waals surface area contributed by atoms with Gasteiger partial charge in [0.05, 0.1) is 4.90 Å². The highest BCUT2D eigenvalue weighted by atomic mass is 35.5. The van der Waals surface area contributed by atoms with E-state index in [1.54, 1.807) is 56.3 Å². The zero-order valence-electron chi connectivity index (χ0n) is 15.4. The Morgan fingerprint density at radius 3 is 2.21 bits per heavy atom. The molecule has 1 amide bonds. The number of halogens is 1. The highest BCUT2D eigenvalue weighted by Crippen LogP contribution is 2.14. The molecule has 0 unspecified atom stereocenters. The summed E-state index contributed by atoms with van der Waals surface area (Å²) in [4.78, 5) is 24.3. The molecule has 0 heterocycles. The molecule has 0 spiro atoms. The van der Waals surface area contributed by atoms with Crippen LogP contribution in [-0.2, 0) is 24.3 Å². The maximum Gasteiger partial charge on any atom is 0.324 e. The number of esters is 1. The van der Waals surface area contributed by atoms with Crippen molar-refractivity contribution in [1.29, 1.82) is 0 Å². The van der Waals surface area contributed by atoms with E-state index < -0.39 is 34.5 Å². The van der Waals surface area contributed by atoms with Crippen LogP contribution in [0, 0.1) is 5.92 Å². The summed E-state index contributed by atoms with van der Waals surface area (Å²) in [5.41, 5.74) is 0.496. The van der Waals surface area contributed by atoms with Gasteiger partial charge in [0.2, 0.25) is 10.0 Å². The third-order valence-electron chi connectivity index (χ3n) is 3.73. The van der Waals surface area contributed by atoms with Gasteiger partial charge in [0.1, 0.15) is 6.04 Å². The van der Waals surface area contributed by atoms with Crippen LogP contribution in [0.2, 0.25) is 5.02 Å². The average molecular weight is 425 g/mol. The van der Waals surface area contributed by atoms with Gasteiger partial charge in [-0.3, -0.25) is 9.59 Å². The molecular weight excluding hydrogens is 404 g/mol. The molecule has 0 bridgehead atoms. The summed E-state index contributed by atoms with van der Waals surface area (Å²) in [6, 6.07) is 13.0. The lowest BCUT2D eigenvalue weighted by Gasteiger charge is -2.20. The van der Waals surface area contributed by atoms with Gasteiger partial charge in [-0.05, 0) is 42.3 Å². The Morgan fingerprint density at radius 2 is 1.64 bits per heavy atom. The number of rotatable bonds is 8. The first-order valence-electron chi connectivity index (χ1n) is 8.48. The minimum atomic E-state index is -3.90. The van der Waals surface area contributed by atoms with Crippen LogP contribution in [0.5, 0.6) is 0 Å². The number of benzene rings is 2. The first-order chi connectivity index (χ1) is 13.2. The van der Waals surface area contributed by atoms with Crippen molar-refractivity contribution >= 4 is 39.2 Å². The van der Waals surface area contributed by atoms with Gasteiger partial charge in [0.25, 0.3) is 5.91 Å². The zero-order chi connectivity index (χ0) is 20.7. The number of ether oxygens (including phenoxy) is 1. The lowest BCUT2D eigenvalue weighted by molar-refractivity contribution is -0.150. The molecule has 7 nitrogen and oxygen atoms in total. The molecule has 150 valence electrons. The van der Waals surface area contributed by atoms with Crippen LogP contribution in [-0.4, -0.2) is 32.9 Å². The Hall–Kier alpha value is -2.42. The van der Waals surface area contributed by atoms with Crippen molar-refractivity contribution in [2.45, 2.75) is 24.8 Å². The van der Waals surface area contributed by atoms with Crippen molar-refractivity contribution < 1.29 is 22.7 Å². The van der Waals surface area contributed by atoms with Crippen molar-refractivity contribution in [3.63, 3.8) is 0 Å². The van der Waals surface area contributed by atoms with E-state index in [1.165, 1.54) is 12.1 Å². The Labute approximate surface area is 169 Å². The van der Waals surface area contributed by atoms with E-state index in [4.69, 9.17) is 16.3 Å². The average Bonchev–Trinajstić information content (AvgIpc) is 2.66. The van der Waals surface area contributed by atoms with Crippen molar-refractivity contribution in [2.24, 2.45) is 5.92 Å². The Balaban J connectivity index is 1.97. The fraction of sp³-hybridized carbons (Fsp3) is 0.263. The molecule has 2 rings (SSSR count). The number of nitrogens with one attached hydrogen (secondary N) is 2. The molecule has 0 aliphatic heterocycles. The number of anilines is 1. The quantitative estimate of drug-likeness (QED) is 0.634. The highest BCUT2D eigenvalue weighted by molar-refractivity contribution is 7.89. The van der Waals surface area contributed by atoms with E-state index in [1.807, 2.05) is 0 Å². The van der Waals surface area contributed by atoms with Crippen LogP contribution in [0.15, 0.2) is 59.5 Å². The summed E-state index contributed by atoms with van der Waals surface area (Å²) in [7, 11) is -3.90. The second-order valence-corrected chi connectivity index (χ2v) is 8.47. The smallest absolute Gasteiger partial charge is 0.324 e. The summed E-state index contributed by atoms with van der Waals surface area (Å²) in [6.07, 6.45) is 0. The number of carbonyl (C=O) groups excluding carboxylic acids is 2. The van der Waals surface area contributed by atoms with Crippen molar-refractivity contribution in [1.82, 2.24) is 4.72 Å². The van der Waals surface area contributed by atoms with E-state index in [2.05, 4.69) is 10.0 Å². The molecule has 2 N–H and O–H groups in total. The molecule has 1 atom stereocenters. The zero-order valence-corrected chi connectivity index (χ0v) is 17.0. The summed E-state index contributed by atoms with van der Waals surface area (Å²) in [6.45, 7) is 2.80. The molecule has 2 aromatic rings. The van der Waals surface area contributed by atoms with Crippen LogP contribution in [0.3, 0.4) is 0 Å². The molecule has 0 aliphatic rings. The topological polar surface area (TPSA) is 102 Å². The van der Waals surface area contributed by atoms with E-state index in [0.29, 0.717) is 10.7 Å². The third kappa shape index (κ3) is 6.33. The van der Waals surface area contributed by atoms with Crippen LogP contribution < -0.4 is 10.0 Å².